The van der Waals surface area contributed by atoms with Crippen LogP contribution in [0.2, 0.25) is 0 Å². The van der Waals surface area contributed by atoms with Gasteiger partial charge in [-0.3, -0.25) is 14.6 Å². The fraction of sp³-hybridized carbons (Fsp3) is 0.421. The molecule has 2 aliphatic rings. The quantitative estimate of drug-likeness (QED) is 0.532. The molecular weight excluding hydrogens is 390 g/mol. The minimum Gasteiger partial charge on any atom is -0.506 e. The standard InChI is InChI=1S/C19H23N7O4/c20-15-13-8-19(30-17(13)25-18(21)24-15)2-5-26(6-3-19)14(28)1-4-23-16(29)11-7-12(27)10-22-9-11/h7,9-10,27H,1-6,8H2,(H,23,29)(H4,20,21,24,25). The van der Waals surface area contributed by atoms with Crippen LogP contribution in [0.15, 0.2) is 18.5 Å². The molecule has 158 valence electrons. The van der Waals surface area contributed by atoms with Gasteiger partial charge in [0.1, 0.15) is 17.2 Å². The summed E-state index contributed by atoms with van der Waals surface area (Å²) in [5.74, 6) is 0.332. The van der Waals surface area contributed by atoms with Crippen LogP contribution in [0, 0.1) is 0 Å². The number of nitrogens with zero attached hydrogens (tertiary/aromatic N) is 4. The van der Waals surface area contributed by atoms with Crippen LogP contribution in [0.1, 0.15) is 35.2 Å². The number of likely N-dealkylation sites (tertiary alicyclic amines) is 1. The highest BCUT2D eigenvalue weighted by Crippen LogP contribution is 2.42. The van der Waals surface area contributed by atoms with E-state index in [4.69, 9.17) is 16.2 Å². The monoisotopic (exact) mass is 413 g/mol. The molecule has 2 aromatic heterocycles. The van der Waals surface area contributed by atoms with Crippen LogP contribution in [0.4, 0.5) is 11.8 Å². The maximum atomic E-state index is 12.5. The molecule has 11 nitrogen and oxygen atoms in total. The van der Waals surface area contributed by atoms with Gasteiger partial charge >= 0.3 is 0 Å². The first-order valence-corrected chi connectivity index (χ1v) is 9.66. The van der Waals surface area contributed by atoms with Gasteiger partial charge in [0.25, 0.3) is 5.91 Å². The molecule has 6 N–H and O–H groups in total. The van der Waals surface area contributed by atoms with E-state index in [0.29, 0.717) is 44.0 Å². The summed E-state index contributed by atoms with van der Waals surface area (Å²) in [6.45, 7) is 1.28. The lowest BCUT2D eigenvalue weighted by Gasteiger charge is -2.38. The molecule has 1 fully saturated rings. The van der Waals surface area contributed by atoms with E-state index in [9.17, 15) is 14.7 Å². The molecule has 4 rings (SSSR count). The number of hydrogen-bond acceptors (Lipinski definition) is 9. The highest BCUT2D eigenvalue weighted by molar-refractivity contribution is 5.94. The van der Waals surface area contributed by atoms with Crippen LogP contribution in [0.5, 0.6) is 11.6 Å². The van der Waals surface area contributed by atoms with Crippen molar-refractivity contribution in [3.8, 4) is 11.6 Å². The Morgan fingerprint density at radius 3 is 2.73 bits per heavy atom. The van der Waals surface area contributed by atoms with Gasteiger partial charge in [0, 0.05) is 51.5 Å². The summed E-state index contributed by atoms with van der Waals surface area (Å²) < 4.78 is 6.06. The zero-order valence-electron chi connectivity index (χ0n) is 16.3. The average Bonchev–Trinajstić information content (AvgIpc) is 3.06. The van der Waals surface area contributed by atoms with Gasteiger partial charge in [-0.1, -0.05) is 0 Å². The summed E-state index contributed by atoms with van der Waals surface area (Å²) >= 11 is 0. The molecule has 0 bridgehead atoms. The lowest BCUT2D eigenvalue weighted by Crippen LogP contribution is -2.49. The van der Waals surface area contributed by atoms with Gasteiger partial charge < -0.3 is 31.5 Å². The Bertz CT molecular complexity index is 989. The number of fused-ring (bicyclic) bond motifs is 1. The van der Waals surface area contributed by atoms with Crippen molar-refractivity contribution in [3.05, 3.63) is 29.6 Å². The third-order valence-corrected chi connectivity index (χ3v) is 5.47. The lowest BCUT2D eigenvalue weighted by atomic mass is 9.87. The van der Waals surface area contributed by atoms with Crippen LogP contribution in [-0.4, -0.2) is 62.0 Å². The fourth-order valence-corrected chi connectivity index (χ4v) is 3.85. The number of carbonyl (C=O) groups excluding carboxylic acids is 2. The number of ether oxygens (including phenoxy) is 1. The molecule has 0 aliphatic carbocycles. The second-order valence-corrected chi connectivity index (χ2v) is 7.53. The molecular formula is C19H23N7O4. The first-order chi connectivity index (χ1) is 14.3. The van der Waals surface area contributed by atoms with Crippen molar-refractivity contribution in [2.24, 2.45) is 0 Å². The van der Waals surface area contributed by atoms with Gasteiger partial charge in [-0.2, -0.15) is 9.97 Å². The maximum absolute atomic E-state index is 12.5. The molecule has 4 heterocycles. The topological polar surface area (TPSA) is 170 Å². The number of nitrogen functional groups attached to an aromatic ring is 2. The summed E-state index contributed by atoms with van der Waals surface area (Å²) in [5, 5.41) is 12.1. The number of amides is 2. The van der Waals surface area contributed by atoms with Crippen molar-refractivity contribution in [1.82, 2.24) is 25.2 Å². The van der Waals surface area contributed by atoms with Crippen LogP contribution in [-0.2, 0) is 11.2 Å². The molecule has 0 unspecified atom stereocenters. The zero-order chi connectivity index (χ0) is 21.3. The Hall–Kier alpha value is -3.63. The number of anilines is 2. The SMILES string of the molecule is Nc1nc(N)c2c(n1)OC1(CCN(C(=O)CCNC(=O)c3cncc(O)c3)CC1)C2. The van der Waals surface area contributed by atoms with Crippen molar-refractivity contribution in [3.63, 3.8) is 0 Å². The Labute approximate surface area is 172 Å². The fourth-order valence-electron chi connectivity index (χ4n) is 3.85. The second kappa shape index (κ2) is 7.65. The van der Waals surface area contributed by atoms with Crippen LogP contribution in [0.25, 0.3) is 0 Å². The van der Waals surface area contributed by atoms with Gasteiger partial charge in [0.15, 0.2) is 0 Å². The summed E-state index contributed by atoms with van der Waals surface area (Å²) in [7, 11) is 0. The smallest absolute Gasteiger partial charge is 0.252 e. The Kier molecular flexibility index (Phi) is 5.02. The maximum Gasteiger partial charge on any atom is 0.252 e. The third kappa shape index (κ3) is 3.91. The van der Waals surface area contributed by atoms with Gasteiger partial charge in [0.2, 0.25) is 17.7 Å². The largest absolute Gasteiger partial charge is 0.506 e. The molecule has 0 radical (unpaired) electrons. The number of pyridine rings is 1. The Morgan fingerprint density at radius 1 is 1.23 bits per heavy atom. The molecule has 1 saturated heterocycles. The average molecular weight is 413 g/mol. The highest BCUT2D eigenvalue weighted by atomic mass is 16.5. The molecule has 2 amide bonds. The van der Waals surface area contributed by atoms with E-state index in [0.717, 1.165) is 5.56 Å². The predicted octanol–water partition coefficient (Wildman–Crippen LogP) is -0.142. The van der Waals surface area contributed by atoms with Crippen LogP contribution in [0.3, 0.4) is 0 Å². The Balaban J connectivity index is 1.26. The zero-order valence-corrected chi connectivity index (χ0v) is 16.3. The number of nitrogens with two attached hydrogens (primary N) is 2. The molecule has 30 heavy (non-hydrogen) atoms. The Morgan fingerprint density at radius 2 is 2.00 bits per heavy atom. The van der Waals surface area contributed by atoms with E-state index >= 15 is 0 Å². The van der Waals surface area contributed by atoms with Gasteiger partial charge in [-0.25, -0.2) is 0 Å². The lowest BCUT2D eigenvalue weighted by molar-refractivity contribution is -0.134. The van der Waals surface area contributed by atoms with Crippen molar-refractivity contribution < 1.29 is 19.4 Å². The van der Waals surface area contributed by atoms with E-state index < -0.39 is 5.60 Å². The third-order valence-electron chi connectivity index (χ3n) is 5.47. The molecule has 2 aliphatic heterocycles. The highest BCUT2D eigenvalue weighted by Gasteiger charge is 2.44. The number of hydrogen-bond donors (Lipinski definition) is 4. The van der Waals surface area contributed by atoms with Gasteiger partial charge in [-0.15, -0.1) is 0 Å². The molecule has 0 atom stereocenters. The van der Waals surface area contributed by atoms with Crippen molar-refractivity contribution >= 4 is 23.6 Å². The molecule has 0 aromatic carbocycles. The van der Waals surface area contributed by atoms with E-state index in [1.54, 1.807) is 4.90 Å². The van der Waals surface area contributed by atoms with Crippen molar-refractivity contribution in [2.75, 3.05) is 31.1 Å². The minimum atomic E-state index is -0.438. The van der Waals surface area contributed by atoms with Crippen LogP contribution < -0.4 is 21.5 Å². The summed E-state index contributed by atoms with van der Waals surface area (Å²) in [5.41, 5.74) is 12.2. The van der Waals surface area contributed by atoms with Gasteiger partial charge in [-0.05, 0) is 6.07 Å². The summed E-state index contributed by atoms with van der Waals surface area (Å²) in [4.78, 5) is 38.2. The van der Waals surface area contributed by atoms with E-state index in [1.807, 2.05) is 0 Å². The van der Waals surface area contributed by atoms with Gasteiger partial charge in [0.05, 0.1) is 17.3 Å². The van der Waals surface area contributed by atoms with E-state index in [-0.39, 0.29) is 42.0 Å². The van der Waals surface area contributed by atoms with Crippen molar-refractivity contribution in [1.29, 1.82) is 0 Å². The number of aromatic nitrogens is 3. The first kappa shape index (κ1) is 19.7. The van der Waals surface area contributed by atoms with E-state index in [1.165, 1.54) is 18.5 Å². The first-order valence-electron chi connectivity index (χ1n) is 9.66. The van der Waals surface area contributed by atoms with Crippen LogP contribution >= 0.6 is 0 Å². The molecule has 1 spiro atoms. The number of nitrogens with one attached hydrogen (secondary N) is 1. The minimum absolute atomic E-state index is 0.0433. The number of rotatable bonds is 4. The predicted molar refractivity (Wildman–Crippen MR) is 107 cm³/mol. The normalized spacial score (nSPS) is 16.7. The molecule has 0 saturated carbocycles. The summed E-state index contributed by atoms with van der Waals surface area (Å²) in [6.07, 6.45) is 4.67. The number of aromatic hydroxyl groups is 1. The van der Waals surface area contributed by atoms with Crippen molar-refractivity contribution in [2.45, 2.75) is 31.3 Å². The second-order valence-electron chi connectivity index (χ2n) is 7.53. The number of piperidine rings is 1. The summed E-state index contributed by atoms with van der Waals surface area (Å²) in [6, 6.07) is 1.32. The number of carbonyl (C=O) groups is 2. The molecule has 2 aromatic rings. The molecule has 11 heteroatoms. The van der Waals surface area contributed by atoms with E-state index in [2.05, 4.69) is 20.3 Å².